The number of hydrogen-bond acceptors (Lipinski definition) is 6. The number of dihydropyridines is 1. The van der Waals surface area contributed by atoms with Crippen molar-refractivity contribution >= 4 is 35.0 Å². The van der Waals surface area contributed by atoms with Gasteiger partial charge in [-0.25, -0.2) is 0 Å². The van der Waals surface area contributed by atoms with Gasteiger partial charge in [0.05, 0.1) is 40.2 Å². The maximum atomic E-state index is 13.6. The molecule has 2 aromatic carbocycles. The number of hydrogen-bond donors (Lipinski definition) is 3. The summed E-state index contributed by atoms with van der Waals surface area (Å²) < 4.78 is 5.69. The van der Waals surface area contributed by atoms with Crippen LogP contribution in [0.2, 0.25) is 0 Å². The zero-order chi connectivity index (χ0) is 27.4. The molecule has 0 fully saturated rings. The first kappa shape index (κ1) is 26.8. The number of carbonyl (C=O) groups excluding carboxylic acids is 2. The van der Waals surface area contributed by atoms with E-state index in [1.54, 1.807) is 19.1 Å². The van der Waals surface area contributed by atoms with E-state index >= 15 is 0 Å². The average molecular weight is 527 g/mol. The molecule has 1 aromatic heterocycles. The molecule has 4 rings (SSSR count). The highest BCUT2D eigenvalue weighted by Crippen LogP contribution is 2.41. The predicted molar refractivity (Wildman–Crippen MR) is 151 cm³/mol. The lowest BCUT2D eigenvalue weighted by Crippen LogP contribution is -2.31. The zero-order valence-electron chi connectivity index (χ0n) is 22.1. The fraction of sp³-hybridized carbons (Fsp3) is 0.233. The SMILES string of the molecule is CC1=C(C(=O)Nc2c(C)cccc2C)[C@H](c2ccco2)C(C#N)=C(SCC(=O)Nc2ccc(C)c(C)c2)N1. The number of nitrogens with one attached hydrogen (secondary N) is 3. The minimum Gasteiger partial charge on any atom is -0.468 e. The first-order valence-electron chi connectivity index (χ1n) is 12.2. The second-order valence-corrected chi connectivity index (χ2v) is 10.3. The molecule has 0 bridgehead atoms. The molecule has 0 radical (unpaired) electrons. The third kappa shape index (κ3) is 5.68. The van der Waals surface area contributed by atoms with Crippen LogP contribution in [-0.4, -0.2) is 17.6 Å². The van der Waals surface area contributed by atoms with Crippen molar-refractivity contribution in [2.45, 2.75) is 40.5 Å². The van der Waals surface area contributed by atoms with Crippen molar-refractivity contribution in [2.24, 2.45) is 0 Å². The van der Waals surface area contributed by atoms with E-state index in [-0.39, 0.29) is 17.6 Å². The van der Waals surface area contributed by atoms with Crippen LogP contribution in [0.3, 0.4) is 0 Å². The fourth-order valence-corrected chi connectivity index (χ4v) is 5.31. The summed E-state index contributed by atoms with van der Waals surface area (Å²) in [5.74, 6) is -0.669. The summed E-state index contributed by atoms with van der Waals surface area (Å²) in [6.45, 7) is 9.67. The molecular formula is C30H30N4O3S. The number of aryl methyl sites for hydroxylation is 4. The number of benzene rings is 2. The Morgan fingerprint density at radius 3 is 2.34 bits per heavy atom. The highest BCUT2D eigenvalue weighted by atomic mass is 32.2. The van der Waals surface area contributed by atoms with E-state index in [0.717, 1.165) is 33.6 Å². The average Bonchev–Trinajstić information content (AvgIpc) is 3.41. The first-order chi connectivity index (χ1) is 18.2. The quantitative estimate of drug-likeness (QED) is 0.337. The minimum absolute atomic E-state index is 0.0858. The summed E-state index contributed by atoms with van der Waals surface area (Å²) in [6, 6.07) is 17.3. The van der Waals surface area contributed by atoms with Gasteiger partial charge in [-0.05, 0) is 81.1 Å². The summed E-state index contributed by atoms with van der Waals surface area (Å²) in [5, 5.41) is 19.9. The van der Waals surface area contributed by atoms with Crippen LogP contribution >= 0.6 is 11.8 Å². The third-order valence-electron chi connectivity index (χ3n) is 6.58. The molecule has 3 N–H and O–H groups in total. The van der Waals surface area contributed by atoms with Gasteiger partial charge in [0.1, 0.15) is 5.76 Å². The van der Waals surface area contributed by atoms with Crippen LogP contribution in [0.1, 0.15) is 40.9 Å². The third-order valence-corrected chi connectivity index (χ3v) is 7.59. The monoisotopic (exact) mass is 526 g/mol. The highest BCUT2D eigenvalue weighted by molar-refractivity contribution is 8.03. The Morgan fingerprint density at radius 1 is 0.974 bits per heavy atom. The Balaban J connectivity index is 1.59. The van der Waals surface area contributed by atoms with Crippen LogP contribution in [0, 0.1) is 39.0 Å². The molecule has 38 heavy (non-hydrogen) atoms. The van der Waals surface area contributed by atoms with E-state index in [1.165, 1.54) is 18.0 Å². The Hall–Kier alpha value is -4.22. The van der Waals surface area contributed by atoms with E-state index in [1.807, 2.05) is 64.1 Å². The molecule has 0 saturated heterocycles. The predicted octanol–water partition coefficient (Wildman–Crippen LogP) is 6.22. The molecule has 1 aliphatic heterocycles. The largest absolute Gasteiger partial charge is 0.468 e. The lowest BCUT2D eigenvalue weighted by Gasteiger charge is -2.28. The minimum atomic E-state index is -0.717. The molecule has 0 aliphatic carbocycles. The Kier molecular flexibility index (Phi) is 8.08. The van der Waals surface area contributed by atoms with E-state index < -0.39 is 5.92 Å². The van der Waals surface area contributed by atoms with Gasteiger partial charge >= 0.3 is 0 Å². The lowest BCUT2D eigenvalue weighted by atomic mass is 9.85. The number of nitriles is 1. The van der Waals surface area contributed by atoms with Crippen molar-refractivity contribution in [3.05, 3.63) is 105 Å². The number of para-hydroxylation sites is 1. The van der Waals surface area contributed by atoms with E-state index in [2.05, 4.69) is 22.0 Å². The van der Waals surface area contributed by atoms with Crippen molar-refractivity contribution in [2.75, 3.05) is 16.4 Å². The van der Waals surface area contributed by atoms with Crippen molar-refractivity contribution in [1.29, 1.82) is 5.26 Å². The highest BCUT2D eigenvalue weighted by Gasteiger charge is 2.36. The fourth-order valence-electron chi connectivity index (χ4n) is 4.41. The van der Waals surface area contributed by atoms with Gasteiger partial charge in [-0.15, -0.1) is 0 Å². The van der Waals surface area contributed by atoms with Gasteiger partial charge in [0.2, 0.25) is 5.91 Å². The van der Waals surface area contributed by atoms with Crippen molar-refractivity contribution in [1.82, 2.24) is 5.32 Å². The number of furan rings is 1. The maximum absolute atomic E-state index is 13.6. The number of rotatable bonds is 7. The number of anilines is 2. The maximum Gasteiger partial charge on any atom is 0.254 e. The van der Waals surface area contributed by atoms with E-state index in [9.17, 15) is 14.9 Å². The molecule has 1 atom stereocenters. The van der Waals surface area contributed by atoms with Crippen molar-refractivity contribution < 1.29 is 14.0 Å². The van der Waals surface area contributed by atoms with Gasteiger partial charge in [-0.2, -0.15) is 5.26 Å². The van der Waals surface area contributed by atoms with Crippen LogP contribution in [0.25, 0.3) is 0 Å². The van der Waals surface area contributed by atoms with Gasteiger partial charge in [-0.1, -0.05) is 36.0 Å². The summed E-state index contributed by atoms with van der Waals surface area (Å²) in [4.78, 5) is 26.3. The van der Waals surface area contributed by atoms with Gasteiger partial charge in [-0.3, -0.25) is 9.59 Å². The normalized spacial score (nSPS) is 15.1. The topological polar surface area (TPSA) is 107 Å². The lowest BCUT2D eigenvalue weighted by molar-refractivity contribution is -0.114. The Morgan fingerprint density at radius 2 is 1.71 bits per heavy atom. The molecule has 2 heterocycles. The number of allylic oxidation sites excluding steroid dienone is 2. The number of nitrogens with zero attached hydrogens (tertiary/aromatic N) is 1. The van der Waals surface area contributed by atoms with Crippen LogP contribution < -0.4 is 16.0 Å². The number of carbonyl (C=O) groups is 2. The summed E-state index contributed by atoms with van der Waals surface area (Å²) in [7, 11) is 0. The number of amides is 2. The molecule has 8 heteroatoms. The van der Waals surface area contributed by atoms with Gasteiger partial charge < -0.3 is 20.4 Å². The number of thioether (sulfide) groups is 1. The summed E-state index contributed by atoms with van der Waals surface area (Å²) >= 11 is 1.22. The second kappa shape index (κ2) is 11.4. The van der Waals surface area contributed by atoms with Crippen LogP contribution in [-0.2, 0) is 9.59 Å². The van der Waals surface area contributed by atoms with Gasteiger partial charge in [0.15, 0.2) is 0 Å². The molecule has 194 valence electrons. The summed E-state index contributed by atoms with van der Waals surface area (Å²) in [6.07, 6.45) is 1.52. The molecule has 1 aliphatic rings. The summed E-state index contributed by atoms with van der Waals surface area (Å²) in [5.41, 5.74) is 6.88. The van der Waals surface area contributed by atoms with Crippen LogP contribution in [0.15, 0.2) is 81.1 Å². The molecule has 2 amide bonds. The molecule has 0 unspecified atom stereocenters. The smallest absolute Gasteiger partial charge is 0.254 e. The molecule has 3 aromatic rings. The van der Waals surface area contributed by atoms with Gasteiger partial charge in [0.25, 0.3) is 5.91 Å². The van der Waals surface area contributed by atoms with Crippen molar-refractivity contribution in [3.63, 3.8) is 0 Å². The molecule has 0 spiro atoms. The zero-order valence-corrected chi connectivity index (χ0v) is 22.9. The van der Waals surface area contributed by atoms with Crippen molar-refractivity contribution in [3.8, 4) is 6.07 Å². The van der Waals surface area contributed by atoms with Crippen LogP contribution in [0.5, 0.6) is 0 Å². The van der Waals surface area contributed by atoms with Crippen LogP contribution in [0.4, 0.5) is 11.4 Å². The van der Waals surface area contributed by atoms with E-state index in [4.69, 9.17) is 4.42 Å². The molecule has 7 nitrogen and oxygen atoms in total. The Bertz CT molecular complexity index is 1480. The molecular weight excluding hydrogens is 496 g/mol. The first-order valence-corrected chi connectivity index (χ1v) is 13.2. The van der Waals surface area contributed by atoms with E-state index in [0.29, 0.717) is 27.6 Å². The second-order valence-electron chi connectivity index (χ2n) is 9.32. The molecule has 0 saturated carbocycles. The van der Waals surface area contributed by atoms with Gasteiger partial charge in [0, 0.05) is 17.1 Å². The standard InChI is InChI=1S/C30H30N4O3S/c1-17-11-12-22(14-20(17)4)33-25(35)16-38-30-23(15-31)27(24-10-7-13-37-24)26(21(5)32-30)29(36)34-28-18(2)8-6-9-19(28)3/h6-14,27,32H,16H2,1-5H3,(H,33,35)(H,34,36)/t27-/m0/s1. The Labute approximate surface area is 227 Å².